The van der Waals surface area contributed by atoms with Crippen molar-refractivity contribution in [2.45, 2.75) is 50.9 Å². The molecule has 2 rings (SSSR count). The molecule has 1 heterocycles. The zero-order valence-corrected chi connectivity index (χ0v) is 10.4. The summed E-state index contributed by atoms with van der Waals surface area (Å²) in [6.07, 6.45) is -0.790. The first-order valence-electron chi connectivity index (χ1n) is 6.53. The van der Waals surface area contributed by atoms with Crippen LogP contribution in [0.25, 0.3) is 0 Å². The van der Waals surface area contributed by atoms with Gasteiger partial charge in [-0.3, -0.25) is 4.79 Å². The van der Waals surface area contributed by atoms with Crippen LogP contribution in [0.2, 0.25) is 0 Å². The van der Waals surface area contributed by atoms with Crippen LogP contribution in [0, 0.1) is 11.8 Å². The summed E-state index contributed by atoms with van der Waals surface area (Å²) in [5.74, 6) is -0.783. The maximum Gasteiger partial charge on any atom is 0.471 e. The molecule has 0 bridgehead atoms. The number of carbonyl (C=O) groups excluding carboxylic acids is 1. The van der Waals surface area contributed by atoms with E-state index >= 15 is 0 Å². The molecule has 0 aromatic carbocycles. The molecule has 1 amide bonds. The van der Waals surface area contributed by atoms with E-state index in [1.165, 1.54) is 12.8 Å². The second-order valence-corrected chi connectivity index (χ2v) is 5.33. The fourth-order valence-electron chi connectivity index (χ4n) is 2.89. The number of carbonyl (C=O) groups is 1. The molecule has 3 atom stereocenters. The molecule has 1 aliphatic heterocycles. The summed E-state index contributed by atoms with van der Waals surface area (Å²) in [7, 11) is 0. The van der Waals surface area contributed by atoms with Crippen molar-refractivity contribution in [1.29, 1.82) is 0 Å². The lowest BCUT2D eigenvalue weighted by atomic mass is 9.83. The van der Waals surface area contributed by atoms with Crippen LogP contribution in [-0.4, -0.2) is 30.7 Å². The molecule has 18 heavy (non-hydrogen) atoms. The van der Waals surface area contributed by atoms with Crippen LogP contribution < -0.4 is 10.6 Å². The smallest absolute Gasteiger partial charge is 0.344 e. The number of rotatable bonds is 3. The summed E-state index contributed by atoms with van der Waals surface area (Å²) >= 11 is 0. The Kier molecular flexibility index (Phi) is 3.84. The summed E-state index contributed by atoms with van der Waals surface area (Å²) in [4.78, 5) is 10.9. The Balaban J connectivity index is 1.90. The fourth-order valence-corrected chi connectivity index (χ4v) is 2.89. The maximum atomic E-state index is 12.2. The number of hydrogen-bond acceptors (Lipinski definition) is 2. The molecule has 1 saturated heterocycles. The minimum Gasteiger partial charge on any atom is -0.344 e. The second kappa shape index (κ2) is 5.07. The van der Waals surface area contributed by atoms with Gasteiger partial charge < -0.3 is 10.6 Å². The van der Waals surface area contributed by atoms with Gasteiger partial charge in [-0.05, 0) is 37.5 Å². The van der Waals surface area contributed by atoms with Gasteiger partial charge in [-0.1, -0.05) is 6.92 Å². The molecule has 2 fully saturated rings. The number of halogens is 3. The molecule has 6 heteroatoms. The Labute approximate surface area is 104 Å². The van der Waals surface area contributed by atoms with Gasteiger partial charge in [0, 0.05) is 18.6 Å². The third-order valence-corrected chi connectivity index (χ3v) is 3.96. The van der Waals surface area contributed by atoms with Gasteiger partial charge in [0.2, 0.25) is 0 Å². The van der Waals surface area contributed by atoms with Gasteiger partial charge >= 0.3 is 12.1 Å². The maximum absolute atomic E-state index is 12.2. The molecular formula is C12H19F3N2O. The standard InChI is InChI=1S/C12H19F3N2O/c1-2-10-9(7-3-4-7)5-8(6-16-10)17-11(18)12(13,14)15/h7-10,16H,2-6H2,1H3,(H,17,18). The van der Waals surface area contributed by atoms with Crippen LogP contribution in [0.5, 0.6) is 0 Å². The molecule has 1 saturated carbocycles. The topological polar surface area (TPSA) is 41.1 Å². The largest absolute Gasteiger partial charge is 0.471 e. The molecule has 0 aromatic heterocycles. The molecule has 0 radical (unpaired) electrons. The van der Waals surface area contributed by atoms with E-state index in [9.17, 15) is 18.0 Å². The lowest BCUT2D eigenvalue weighted by Crippen LogP contribution is -2.55. The highest BCUT2D eigenvalue weighted by molar-refractivity contribution is 5.81. The Bertz CT molecular complexity index is 315. The van der Waals surface area contributed by atoms with Gasteiger partial charge in [0.25, 0.3) is 0 Å². The SMILES string of the molecule is CCC1NCC(NC(=O)C(F)(F)F)CC1C1CC1. The van der Waals surface area contributed by atoms with Crippen molar-refractivity contribution in [2.24, 2.45) is 11.8 Å². The first-order valence-corrected chi connectivity index (χ1v) is 6.53. The van der Waals surface area contributed by atoms with E-state index in [2.05, 4.69) is 17.6 Å². The van der Waals surface area contributed by atoms with Crippen LogP contribution in [0.4, 0.5) is 13.2 Å². The van der Waals surface area contributed by atoms with Crippen LogP contribution in [0.15, 0.2) is 0 Å². The molecule has 3 unspecified atom stereocenters. The van der Waals surface area contributed by atoms with Gasteiger partial charge in [0.1, 0.15) is 0 Å². The van der Waals surface area contributed by atoms with Crippen molar-refractivity contribution in [1.82, 2.24) is 10.6 Å². The van der Waals surface area contributed by atoms with E-state index in [4.69, 9.17) is 0 Å². The van der Waals surface area contributed by atoms with Crippen molar-refractivity contribution in [2.75, 3.05) is 6.54 Å². The molecule has 104 valence electrons. The summed E-state index contributed by atoms with van der Waals surface area (Å²) in [6, 6.07) is -0.0101. The van der Waals surface area contributed by atoms with E-state index in [1.54, 1.807) is 0 Å². The Morgan fingerprint density at radius 2 is 2.06 bits per heavy atom. The summed E-state index contributed by atoms with van der Waals surface area (Å²) < 4.78 is 36.5. The fraction of sp³-hybridized carbons (Fsp3) is 0.917. The van der Waals surface area contributed by atoms with Gasteiger partial charge in [-0.25, -0.2) is 0 Å². The monoisotopic (exact) mass is 264 g/mol. The zero-order chi connectivity index (χ0) is 13.3. The van der Waals surface area contributed by atoms with Gasteiger partial charge in [-0.2, -0.15) is 13.2 Å². The number of piperidine rings is 1. The third kappa shape index (κ3) is 3.16. The van der Waals surface area contributed by atoms with Gasteiger partial charge in [0.05, 0.1) is 0 Å². The first-order chi connectivity index (χ1) is 8.41. The Morgan fingerprint density at radius 3 is 2.56 bits per heavy atom. The van der Waals surface area contributed by atoms with E-state index in [0.29, 0.717) is 30.8 Å². The van der Waals surface area contributed by atoms with Gasteiger partial charge in [-0.15, -0.1) is 0 Å². The van der Waals surface area contributed by atoms with Crippen molar-refractivity contribution >= 4 is 5.91 Å². The number of hydrogen-bond donors (Lipinski definition) is 2. The van der Waals surface area contributed by atoms with Crippen LogP contribution in [-0.2, 0) is 4.79 Å². The predicted molar refractivity (Wildman–Crippen MR) is 60.9 cm³/mol. The lowest BCUT2D eigenvalue weighted by molar-refractivity contribution is -0.174. The highest BCUT2D eigenvalue weighted by atomic mass is 19.4. The second-order valence-electron chi connectivity index (χ2n) is 5.33. The molecule has 1 aliphatic carbocycles. The average Bonchev–Trinajstić information content (AvgIpc) is 3.11. The lowest BCUT2D eigenvalue weighted by Gasteiger charge is -2.37. The quantitative estimate of drug-likeness (QED) is 0.816. The van der Waals surface area contributed by atoms with E-state index in [0.717, 1.165) is 6.42 Å². The van der Waals surface area contributed by atoms with Crippen LogP contribution in [0.3, 0.4) is 0 Å². The van der Waals surface area contributed by atoms with Crippen molar-refractivity contribution < 1.29 is 18.0 Å². The first kappa shape index (κ1) is 13.6. The minimum absolute atomic E-state index is 0.386. The molecule has 2 N–H and O–H groups in total. The molecule has 3 nitrogen and oxygen atoms in total. The summed E-state index contributed by atoms with van der Waals surface area (Å²) in [5.41, 5.74) is 0. The Morgan fingerprint density at radius 1 is 1.39 bits per heavy atom. The van der Waals surface area contributed by atoms with Gasteiger partial charge in [0.15, 0.2) is 0 Å². The number of amides is 1. The Hall–Kier alpha value is -0.780. The highest BCUT2D eigenvalue weighted by Crippen LogP contribution is 2.42. The van der Waals surface area contributed by atoms with E-state index in [-0.39, 0.29) is 0 Å². The molecular weight excluding hydrogens is 245 g/mol. The highest BCUT2D eigenvalue weighted by Gasteiger charge is 2.43. The predicted octanol–water partition coefficient (Wildman–Crippen LogP) is 1.83. The number of alkyl halides is 3. The third-order valence-electron chi connectivity index (χ3n) is 3.96. The van der Waals surface area contributed by atoms with Crippen LogP contribution in [0.1, 0.15) is 32.6 Å². The van der Waals surface area contributed by atoms with Crippen molar-refractivity contribution in [3.8, 4) is 0 Å². The van der Waals surface area contributed by atoms with Crippen molar-refractivity contribution in [3.05, 3.63) is 0 Å². The average molecular weight is 264 g/mol. The minimum atomic E-state index is -4.78. The van der Waals surface area contributed by atoms with Crippen molar-refractivity contribution in [3.63, 3.8) is 0 Å². The number of nitrogens with one attached hydrogen (secondary N) is 2. The van der Waals surface area contributed by atoms with Crippen LogP contribution >= 0.6 is 0 Å². The summed E-state index contributed by atoms with van der Waals surface area (Å²) in [5, 5.41) is 5.35. The molecule has 2 aliphatic rings. The summed E-state index contributed by atoms with van der Waals surface area (Å²) in [6.45, 7) is 2.52. The molecule has 0 spiro atoms. The normalized spacial score (nSPS) is 33.2. The van der Waals surface area contributed by atoms with E-state index < -0.39 is 18.1 Å². The van der Waals surface area contributed by atoms with E-state index in [1.807, 2.05) is 0 Å². The molecule has 0 aromatic rings. The zero-order valence-electron chi connectivity index (χ0n) is 10.4.